The lowest BCUT2D eigenvalue weighted by molar-refractivity contribution is 0.539. The summed E-state index contributed by atoms with van der Waals surface area (Å²) in [6.45, 7) is 2.20. The van der Waals surface area contributed by atoms with Crippen LogP contribution in [0.4, 0.5) is 0 Å². The first-order valence-electron chi connectivity index (χ1n) is 7.55. The summed E-state index contributed by atoms with van der Waals surface area (Å²) in [5, 5.41) is 2.35. The molecule has 0 unspecified atom stereocenters. The highest BCUT2D eigenvalue weighted by atomic mass is 32.2. The van der Waals surface area contributed by atoms with Crippen molar-refractivity contribution in [1.29, 1.82) is 0 Å². The van der Waals surface area contributed by atoms with Crippen molar-refractivity contribution < 1.29 is 0 Å². The standard InChI is InChI=1S/C15H17N3S3/c19-15(18-7-3-4-8-18)21-14-12-10-5-1-2-6-11(10)20-13(12)16-9-17-14/h9H,1-8H2. The van der Waals surface area contributed by atoms with Crippen LogP contribution in [0.1, 0.15) is 36.1 Å². The second kappa shape index (κ2) is 5.82. The van der Waals surface area contributed by atoms with Crippen LogP contribution < -0.4 is 0 Å². The Bertz CT molecular complexity index is 689. The van der Waals surface area contributed by atoms with E-state index in [1.807, 2.05) is 11.3 Å². The molecule has 4 rings (SSSR count). The van der Waals surface area contributed by atoms with Gasteiger partial charge in [0.05, 0.1) is 0 Å². The monoisotopic (exact) mass is 335 g/mol. The molecule has 110 valence electrons. The van der Waals surface area contributed by atoms with Gasteiger partial charge in [-0.15, -0.1) is 11.3 Å². The number of likely N-dealkylation sites (tertiary alicyclic amines) is 1. The van der Waals surface area contributed by atoms with Crippen molar-refractivity contribution in [2.24, 2.45) is 0 Å². The van der Waals surface area contributed by atoms with E-state index in [2.05, 4.69) is 14.9 Å². The molecule has 1 aliphatic heterocycles. The third-order valence-corrected chi connectivity index (χ3v) is 6.91. The predicted molar refractivity (Wildman–Crippen MR) is 93.3 cm³/mol. The molecule has 0 atom stereocenters. The second-order valence-electron chi connectivity index (χ2n) is 5.63. The van der Waals surface area contributed by atoms with Crippen LogP contribution in [-0.2, 0) is 12.8 Å². The van der Waals surface area contributed by atoms with Crippen molar-refractivity contribution in [3.8, 4) is 0 Å². The van der Waals surface area contributed by atoms with Gasteiger partial charge >= 0.3 is 0 Å². The Morgan fingerprint density at radius 3 is 2.81 bits per heavy atom. The van der Waals surface area contributed by atoms with Crippen LogP contribution in [0.25, 0.3) is 10.2 Å². The quantitative estimate of drug-likeness (QED) is 0.446. The number of thiocarbonyl (C=S) groups is 1. The zero-order valence-electron chi connectivity index (χ0n) is 11.8. The van der Waals surface area contributed by atoms with Gasteiger partial charge in [0.25, 0.3) is 0 Å². The fourth-order valence-electron chi connectivity index (χ4n) is 3.19. The van der Waals surface area contributed by atoms with Gasteiger partial charge in [0.2, 0.25) is 0 Å². The number of aromatic nitrogens is 2. The number of hydrogen-bond acceptors (Lipinski definition) is 5. The van der Waals surface area contributed by atoms with Crippen LogP contribution in [0.5, 0.6) is 0 Å². The summed E-state index contributed by atoms with van der Waals surface area (Å²) in [7, 11) is 0. The Labute approximate surface area is 138 Å². The molecule has 0 bridgehead atoms. The minimum absolute atomic E-state index is 0.975. The largest absolute Gasteiger partial charge is 0.357 e. The minimum Gasteiger partial charge on any atom is -0.357 e. The second-order valence-corrected chi connectivity index (χ2v) is 8.34. The number of hydrogen-bond donors (Lipinski definition) is 0. The average molecular weight is 336 g/mol. The van der Waals surface area contributed by atoms with Crippen molar-refractivity contribution in [3.63, 3.8) is 0 Å². The van der Waals surface area contributed by atoms with Gasteiger partial charge in [0.15, 0.2) is 0 Å². The highest BCUT2D eigenvalue weighted by Crippen LogP contribution is 2.39. The zero-order chi connectivity index (χ0) is 14.2. The maximum absolute atomic E-state index is 5.62. The lowest BCUT2D eigenvalue weighted by Gasteiger charge is -2.17. The molecule has 0 amide bonds. The summed E-state index contributed by atoms with van der Waals surface area (Å²) in [6, 6.07) is 0. The summed E-state index contributed by atoms with van der Waals surface area (Å²) in [5.41, 5.74) is 1.49. The van der Waals surface area contributed by atoms with Crippen molar-refractivity contribution in [2.75, 3.05) is 13.1 Å². The first kappa shape index (κ1) is 13.9. The molecule has 0 N–H and O–H groups in total. The Balaban J connectivity index is 1.71. The minimum atomic E-state index is 0.975. The molecule has 21 heavy (non-hydrogen) atoms. The van der Waals surface area contributed by atoms with Crippen LogP contribution in [0, 0.1) is 0 Å². The smallest absolute Gasteiger partial charge is 0.142 e. The van der Waals surface area contributed by atoms with E-state index >= 15 is 0 Å². The van der Waals surface area contributed by atoms with Crippen molar-refractivity contribution in [3.05, 3.63) is 16.8 Å². The molecule has 0 radical (unpaired) electrons. The molecule has 2 aromatic heterocycles. The topological polar surface area (TPSA) is 29.0 Å². The van der Waals surface area contributed by atoms with Gasteiger partial charge in [-0.05, 0) is 55.9 Å². The van der Waals surface area contributed by atoms with Gasteiger partial charge in [-0.2, -0.15) is 0 Å². The lowest BCUT2D eigenvalue weighted by Crippen LogP contribution is -2.23. The fraction of sp³-hybridized carbons (Fsp3) is 0.533. The number of aryl methyl sites for hydroxylation is 2. The van der Waals surface area contributed by atoms with Gasteiger partial charge < -0.3 is 4.90 Å². The van der Waals surface area contributed by atoms with Crippen LogP contribution in [0.3, 0.4) is 0 Å². The molecule has 0 saturated carbocycles. The molecule has 6 heteroatoms. The maximum atomic E-state index is 5.62. The fourth-order valence-corrected chi connectivity index (χ4v) is 5.80. The zero-order valence-corrected chi connectivity index (χ0v) is 14.3. The molecule has 1 fully saturated rings. The Hall–Kier alpha value is -0.720. The third kappa shape index (κ3) is 2.58. The summed E-state index contributed by atoms with van der Waals surface area (Å²) in [4.78, 5) is 14.0. The van der Waals surface area contributed by atoms with Crippen LogP contribution in [-0.4, -0.2) is 32.3 Å². The maximum Gasteiger partial charge on any atom is 0.142 e. The van der Waals surface area contributed by atoms with Crippen molar-refractivity contribution in [1.82, 2.24) is 14.9 Å². The molecule has 0 aromatic carbocycles. The number of rotatable bonds is 1. The van der Waals surface area contributed by atoms with Gasteiger partial charge in [0, 0.05) is 23.4 Å². The van der Waals surface area contributed by atoms with E-state index in [4.69, 9.17) is 12.2 Å². The number of thiophene rings is 1. The van der Waals surface area contributed by atoms with Gasteiger partial charge in [-0.3, -0.25) is 0 Å². The molecule has 3 nitrogen and oxygen atoms in total. The summed E-state index contributed by atoms with van der Waals surface area (Å²) in [6.07, 6.45) is 9.18. The molecular weight excluding hydrogens is 318 g/mol. The van der Waals surface area contributed by atoms with Gasteiger partial charge in [-0.25, -0.2) is 9.97 Å². The third-order valence-electron chi connectivity index (χ3n) is 4.26. The van der Waals surface area contributed by atoms with Crippen molar-refractivity contribution in [2.45, 2.75) is 43.6 Å². The molecule has 3 heterocycles. The van der Waals surface area contributed by atoms with Gasteiger partial charge in [-0.1, -0.05) is 12.2 Å². The highest BCUT2D eigenvalue weighted by molar-refractivity contribution is 8.23. The van der Waals surface area contributed by atoms with Crippen LogP contribution in [0.2, 0.25) is 0 Å². The van der Waals surface area contributed by atoms with Gasteiger partial charge in [0.1, 0.15) is 20.5 Å². The van der Waals surface area contributed by atoms with E-state index in [1.54, 1.807) is 18.1 Å². The van der Waals surface area contributed by atoms with E-state index < -0.39 is 0 Å². The summed E-state index contributed by atoms with van der Waals surface area (Å²) >= 11 is 9.13. The molecular formula is C15H17N3S3. The molecule has 0 spiro atoms. The van der Waals surface area contributed by atoms with Crippen LogP contribution >= 0.6 is 35.3 Å². The van der Waals surface area contributed by atoms with E-state index in [-0.39, 0.29) is 0 Å². The summed E-state index contributed by atoms with van der Waals surface area (Å²) < 4.78 is 0.975. The Kier molecular flexibility index (Phi) is 3.85. The molecule has 1 aliphatic carbocycles. The lowest BCUT2D eigenvalue weighted by atomic mass is 9.97. The molecule has 1 saturated heterocycles. The normalized spacial score (nSPS) is 18.2. The van der Waals surface area contributed by atoms with Crippen molar-refractivity contribution >= 4 is 49.9 Å². The number of thioether (sulfide) groups is 1. The van der Waals surface area contributed by atoms with E-state index in [0.717, 1.165) is 27.3 Å². The van der Waals surface area contributed by atoms with E-state index in [9.17, 15) is 0 Å². The first-order valence-corrected chi connectivity index (χ1v) is 9.59. The van der Waals surface area contributed by atoms with E-state index in [0.29, 0.717) is 0 Å². The Morgan fingerprint density at radius 1 is 1.14 bits per heavy atom. The number of fused-ring (bicyclic) bond motifs is 3. The predicted octanol–water partition coefficient (Wildman–Crippen LogP) is 4.04. The Morgan fingerprint density at radius 2 is 1.95 bits per heavy atom. The SMILES string of the molecule is S=C(Sc1ncnc2sc3c(c12)CCCC3)N1CCCC1. The molecule has 2 aliphatic rings. The first-order chi connectivity index (χ1) is 10.3. The number of nitrogens with zero attached hydrogens (tertiary/aromatic N) is 3. The van der Waals surface area contributed by atoms with Crippen LogP contribution in [0.15, 0.2) is 11.4 Å². The highest BCUT2D eigenvalue weighted by Gasteiger charge is 2.22. The summed E-state index contributed by atoms with van der Waals surface area (Å²) in [5.74, 6) is 0. The van der Waals surface area contributed by atoms with E-state index in [1.165, 1.54) is 54.4 Å². The molecule has 2 aromatic rings. The average Bonchev–Trinajstić information content (AvgIpc) is 3.15.